The van der Waals surface area contributed by atoms with Crippen LogP contribution in [0.25, 0.3) is 0 Å². The van der Waals surface area contributed by atoms with E-state index in [4.69, 9.17) is 0 Å². The Morgan fingerprint density at radius 3 is 2.92 bits per heavy atom. The van der Waals surface area contributed by atoms with Gasteiger partial charge in [0.1, 0.15) is 0 Å². The molecule has 3 heteroatoms. The Hall–Kier alpha value is 0.270. The van der Waals surface area contributed by atoms with E-state index in [9.17, 15) is 0 Å². The maximum Gasteiger partial charge on any atom is 0.0207 e. The molecule has 70 valence electrons. The topological polar surface area (TPSA) is 24.1 Å². The van der Waals surface area contributed by atoms with Gasteiger partial charge in [-0.25, -0.2) is 0 Å². The molecule has 2 N–H and O–H groups in total. The monoisotopic (exact) mass is 186 g/mol. The SMILES string of the molecule is CC1SCCC1NC1CCNC1. The second-order valence-corrected chi connectivity index (χ2v) is 5.31. The predicted octanol–water partition coefficient (Wildman–Crippen LogP) is 0.832. The van der Waals surface area contributed by atoms with Crippen molar-refractivity contribution in [3.63, 3.8) is 0 Å². The highest BCUT2D eigenvalue weighted by atomic mass is 32.2. The molecular weight excluding hydrogens is 168 g/mol. The van der Waals surface area contributed by atoms with Gasteiger partial charge in [-0.05, 0) is 25.1 Å². The molecule has 0 aromatic heterocycles. The van der Waals surface area contributed by atoms with E-state index in [0.717, 1.165) is 17.3 Å². The van der Waals surface area contributed by atoms with E-state index < -0.39 is 0 Å². The van der Waals surface area contributed by atoms with E-state index in [1.165, 1.54) is 31.7 Å². The highest BCUT2D eigenvalue weighted by Crippen LogP contribution is 2.26. The van der Waals surface area contributed by atoms with Gasteiger partial charge in [0.25, 0.3) is 0 Å². The fourth-order valence-electron chi connectivity index (χ4n) is 2.05. The van der Waals surface area contributed by atoms with Crippen LogP contribution in [-0.4, -0.2) is 36.2 Å². The maximum atomic E-state index is 3.74. The Labute approximate surface area is 78.9 Å². The third-order valence-electron chi connectivity index (χ3n) is 2.89. The molecule has 0 bridgehead atoms. The summed E-state index contributed by atoms with van der Waals surface area (Å²) >= 11 is 2.11. The van der Waals surface area contributed by atoms with Gasteiger partial charge in [0, 0.05) is 23.9 Å². The van der Waals surface area contributed by atoms with Crippen LogP contribution in [0.5, 0.6) is 0 Å². The third-order valence-corrected chi connectivity index (χ3v) is 4.21. The predicted molar refractivity (Wildman–Crippen MR) is 54.7 cm³/mol. The summed E-state index contributed by atoms with van der Waals surface area (Å²) in [5, 5.41) is 7.96. The van der Waals surface area contributed by atoms with Crippen molar-refractivity contribution in [3.05, 3.63) is 0 Å². The van der Waals surface area contributed by atoms with Gasteiger partial charge >= 0.3 is 0 Å². The van der Waals surface area contributed by atoms with E-state index in [1.807, 2.05) is 0 Å². The Morgan fingerprint density at radius 1 is 1.42 bits per heavy atom. The molecule has 12 heavy (non-hydrogen) atoms. The summed E-state index contributed by atoms with van der Waals surface area (Å²) in [7, 11) is 0. The maximum absolute atomic E-state index is 3.74. The van der Waals surface area contributed by atoms with Gasteiger partial charge in [0.15, 0.2) is 0 Å². The molecule has 0 spiro atoms. The fraction of sp³-hybridized carbons (Fsp3) is 1.00. The molecule has 3 atom stereocenters. The van der Waals surface area contributed by atoms with Crippen molar-refractivity contribution in [2.24, 2.45) is 0 Å². The van der Waals surface area contributed by atoms with E-state index >= 15 is 0 Å². The first-order valence-electron chi connectivity index (χ1n) is 4.94. The molecule has 2 fully saturated rings. The highest BCUT2D eigenvalue weighted by Gasteiger charge is 2.26. The van der Waals surface area contributed by atoms with Crippen molar-refractivity contribution >= 4 is 11.8 Å². The summed E-state index contributed by atoms with van der Waals surface area (Å²) in [6, 6.07) is 1.52. The van der Waals surface area contributed by atoms with Gasteiger partial charge in [-0.1, -0.05) is 6.92 Å². The summed E-state index contributed by atoms with van der Waals surface area (Å²) in [4.78, 5) is 0. The first kappa shape index (κ1) is 8.85. The average molecular weight is 186 g/mol. The molecule has 2 rings (SSSR count). The Balaban J connectivity index is 1.77. The van der Waals surface area contributed by atoms with Crippen LogP contribution in [0, 0.1) is 0 Å². The third kappa shape index (κ3) is 1.95. The molecule has 0 saturated carbocycles. The molecule has 0 aliphatic carbocycles. The summed E-state index contributed by atoms with van der Waals surface area (Å²) in [6.45, 7) is 4.72. The van der Waals surface area contributed by atoms with Gasteiger partial charge in [0.05, 0.1) is 0 Å². The second-order valence-electron chi connectivity index (χ2n) is 3.83. The van der Waals surface area contributed by atoms with E-state index in [2.05, 4.69) is 29.3 Å². The van der Waals surface area contributed by atoms with Crippen molar-refractivity contribution < 1.29 is 0 Å². The van der Waals surface area contributed by atoms with E-state index in [1.54, 1.807) is 0 Å². The number of thioether (sulfide) groups is 1. The smallest absolute Gasteiger partial charge is 0.0207 e. The summed E-state index contributed by atoms with van der Waals surface area (Å²) in [5.74, 6) is 1.35. The quantitative estimate of drug-likeness (QED) is 0.668. The highest BCUT2D eigenvalue weighted by molar-refractivity contribution is 8.00. The standard InChI is InChI=1S/C9H18N2S/c1-7-9(3-5-12-7)11-8-2-4-10-6-8/h7-11H,2-6H2,1H3. The van der Waals surface area contributed by atoms with Crippen molar-refractivity contribution in [3.8, 4) is 0 Å². The number of hydrogen-bond acceptors (Lipinski definition) is 3. The zero-order valence-electron chi connectivity index (χ0n) is 7.68. The zero-order chi connectivity index (χ0) is 8.39. The molecule has 0 radical (unpaired) electrons. The van der Waals surface area contributed by atoms with Crippen molar-refractivity contribution in [1.29, 1.82) is 0 Å². The minimum Gasteiger partial charge on any atom is -0.315 e. The molecule has 0 aromatic rings. The van der Waals surface area contributed by atoms with Gasteiger partial charge < -0.3 is 10.6 Å². The normalized spacial score (nSPS) is 42.2. The lowest BCUT2D eigenvalue weighted by atomic mass is 10.1. The van der Waals surface area contributed by atoms with Gasteiger partial charge in [0.2, 0.25) is 0 Å². The Bertz CT molecular complexity index is 145. The summed E-state index contributed by atoms with van der Waals surface area (Å²) < 4.78 is 0. The van der Waals surface area contributed by atoms with Gasteiger partial charge in [-0.3, -0.25) is 0 Å². The zero-order valence-corrected chi connectivity index (χ0v) is 8.49. The molecule has 2 nitrogen and oxygen atoms in total. The van der Waals surface area contributed by atoms with Crippen LogP contribution in [-0.2, 0) is 0 Å². The first-order chi connectivity index (χ1) is 5.86. The number of hydrogen-bond donors (Lipinski definition) is 2. The lowest BCUT2D eigenvalue weighted by Crippen LogP contribution is -2.42. The van der Waals surface area contributed by atoms with Gasteiger partial charge in [-0.15, -0.1) is 0 Å². The molecule has 2 saturated heterocycles. The summed E-state index contributed by atoms with van der Waals surface area (Å²) in [5.41, 5.74) is 0. The molecule has 2 aliphatic rings. The molecule has 0 aromatic carbocycles. The number of nitrogens with one attached hydrogen (secondary N) is 2. The average Bonchev–Trinajstić information content (AvgIpc) is 2.65. The van der Waals surface area contributed by atoms with Crippen LogP contribution in [0.1, 0.15) is 19.8 Å². The van der Waals surface area contributed by atoms with Crippen LogP contribution in [0.15, 0.2) is 0 Å². The lowest BCUT2D eigenvalue weighted by Gasteiger charge is -2.20. The van der Waals surface area contributed by atoms with Crippen LogP contribution >= 0.6 is 11.8 Å². The van der Waals surface area contributed by atoms with Crippen LogP contribution in [0.3, 0.4) is 0 Å². The largest absolute Gasteiger partial charge is 0.315 e. The molecule has 2 aliphatic heterocycles. The van der Waals surface area contributed by atoms with Crippen molar-refractivity contribution in [1.82, 2.24) is 10.6 Å². The van der Waals surface area contributed by atoms with Crippen LogP contribution in [0.4, 0.5) is 0 Å². The summed E-state index contributed by atoms with van der Waals surface area (Å²) in [6.07, 6.45) is 2.68. The van der Waals surface area contributed by atoms with Crippen molar-refractivity contribution in [2.75, 3.05) is 18.8 Å². The van der Waals surface area contributed by atoms with Crippen molar-refractivity contribution in [2.45, 2.75) is 37.1 Å². The fourth-order valence-corrected chi connectivity index (χ4v) is 3.26. The van der Waals surface area contributed by atoms with Gasteiger partial charge in [-0.2, -0.15) is 11.8 Å². The molecule has 2 heterocycles. The Morgan fingerprint density at radius 2 is 2.33 bits per heavy atom. The minimum atomic E-state index is 0.746. The number of rotatable bonds is 2. The molecule has 3 unspecified atom stereocenters. The first-order valence-corrected chi connectivity index (χ1v) is 5.99. The lowest BCUT2D eigenvalue weighted by molar-refractivity contribution is 0.442. The van der Waals surface area contributed by atoms with E-state index in [-0.39, 0.29) is 0 Å². The molecular formula is C9H18N2S. The minimum absolute atomic E-state index is 0.746. The molecule has 0 amide bonds. The second kappa shape index (κ2) is 3.99. The van der Waals surface area contributed by atoms with Crippen LogP contribution in [0.2, 0.25) is 0 Å². The Kier molecular flexibility index (Phi) is 2.94. The van der Waals surface area contributed by atoms with Crippen LogP contribution < -0.4 is 10.6 Å². The van der Waals surface area contributed by atoms with E-state index in [0.29, 0.717) is 0 Å².